The van der Waals surface area contributed by atoms with Gasteiger partial charge in [-0.05, 0) is 47.7 Å². The van der Waals surface area contributed by atoms with Gasteiger partial charge in [-0.1, -0.05) is 12.1 Å². The molecule has 0 aliphatic rings. The zero-order valence-electron chi connectivity index (χ0n) is 12.2. The minimum absolute atomic E-state index is 0.193. The molecular formula is C17H18O3S. The van der Waals surface area contributed by atoms with Crippen molar-refractivity contribution in [3.05, 3.63) is 59.2 Å². The normalized spacial score (nSPS) is 10.4. The molecule has 0 aliphatic carbocycles. The smallest absolute Gasteiger partial charge is 0.188 e. The van der Waals surface area contributed by atoms with Crippen LogP contribution in [-0.4, -0.2) is 26.4 Å². The van der Waals surface area contributed by atoms with Crippen molar-refractivity contribution in [3.8, 4) is 5.75 Å². The maximum absolute atomic E-state index is 11.0. The molecular weight excluding hydrogens is 284 g/mol. The first-order valence-electron chi connectivity index (χ1n) is 6.59. The number of rotatable bonds is 7. The lowest BCUT2D eigenvalue weighted by Crippen LogP contribution is -2.03. The second kappa shape index (κ2) is 7.86. The van der Waals surface area contributed by atoms with E-state index in [-0.39, 0.29) is 6.79 Å². The number of thioether (sulfide) groups is 1. The van der Waals surface area contributed by atoms with Crippen LogP contribution in [0.5, 0.6) is 5.75 Å². The highest BCUT2D eigenvalue weighted by Gasteiger charge is 2.07. The Bertz CT molecular complexity index is 593. The van der Waals surface area contributed by atoms with Gasteiger partial charge in [0.1, 0.15) is 12.0 Å². The predicted molar refractivity (Wildman–Crippen MR) is 85.4 cm³/mol. The average Bonchev–Trinajstić information content (AvgIpc) is 2.54. The van der Waals surface area contributed by atoms with Crippen LogP contribution in [0.2, 0.25) is 0 Å². The Morgan fingerprint density at radius 2 is 1.90 bits per heavy atom. The molecule has 0 amide bonds. The molecule has 0 heterocycles. The molecule has 0 fully saturated rings. The summed E-state index contributed by atoms with van der Waals surface area (Å²) >= 11 is 1.72. The van der Waals surface area contributed by atoms with E-state index in [1.807, 2.05) is 12.1 Å². The van der Waals surface area contributed by atoms with Crippen LogP contribution in [0, 0.1) is 0 Å². The van der Waals surface area contributed by atoms with Crippen LogP contribution in [-0.2, 0) is 11.2 Å². The Hall–Kier alpha value is -1.78. The van der Waals surface area contributed by atoms with Crippen molar-refractivity contribution in [1.29, 1.82) is 0 Å². The first-order chi connectivity index (χ1) is 10.3. The van der Waals surface area contributed by atoms with Gasteiger partial charge in [-0.25, -0.2) is 0 Å². The van der Waals surface area contributed by atoms with E-state index < -0.39 is 0 Å². The van der Waals surface area contributed by atoms with Crippen LogP contribution in [0.3, 0.4) is 0 Å². The SMILES string of the molecule is COCOc1ccc(C=O)cc1Cc1ccc(SC)cc1. The summed E-state index contributed by atoms with van der Waals surface area (Å²) in [6, 6.07) is 13.8. The summed E-state index contributed by atoms with van der Waals surface area (Å²) in [7, 11) is 1.58. The molecule has 0 radical (unpaired) electrons. The minimum atomic E-state index is 0.193. The molecule has 2 aromatic carbocycles. The topological polar surface area (TPSA) is 35.5 Å². The quantitative estimate of drug-likeness (QED) is 0.443. The molecule has 0 aliphatic heterocycles. The zero-order valence-corrected chi connectivity index (χ0v) is 13.0. The van der Waals surface area contributed by atoms with Crippen molar-refractivity contribution < 1.29 is 14.3 Å². The van der Waals surface area contributed by atoms with Gasteiger partial charge in [0, 0.05) is 24.0 Å². The van der Waals surface area contributed by atoms with E-state index in [9.17, 15) is 4.79 Å². The van der Waals surface area contributed by atoms with Crippen molar-refractivity contribution in [2.24, 2.45) is 0 Å². The fraction of sp³-hybridized carbons (Fsp3) is 0.235. The van der Waals surface area contributed by atoms with Gasteiger partial charge in [0.15, 0.2) is 6.79 Å². The summed E-state index contributed by atoms with van der Waals surface area (Å²) in [6.45, 7) is 0.193. The van der Waals surface area contributed by atoms with Gasteiger partial charge >= 0.3 is 0 Å². The van der Waals surface area contributed by atoms with Gasteiger partial charge in [-0.15, -0.1) is 11.8 Å². The summed E-state index contributed by atoms with van der Waals surface area (Å²) in [4.78, 5) is 12.2. The number of ether oxygens (including phenoxy) is 2. The minimum Gasteiger partial charge on any atom is -0.467 e. The van der Waals surface area contributed by atoms with E-state index in [1.165, 1.54) is 10.5 Å². The molecule has 0 unspecified atom stereocenters. The molecule has 0 aromatic heterocycles. The number of aldehydes is 1. The average molecular weight is 302 g/mol. The highest BCUT2D eigenvalue weighted by molar-refractivity contribution is 7.98. The number of hydrogen-bond acceptors (Lipinski definition) is 4. The Kier molecular flexibility index (Phi) is 5.84. The highest BCUT2D eigenvalue weighted by Crippen LogP contribution is 2.24. The molecule has 0 bridgehead atoms. The number of methoxy groups -OCH3 is 1. The summed E-state index contributed by atoms with van der Waals surface area (Å²) in [5, 5.41) is 0. The van der Waals surface area contributed by atoms with E-state index in [2.05, 4.69) is 30.5 Å². The molecule has 0 atom stereocenters. The summed E-state index contributed by atoms with van der Waals surface area (Å²) in [5.74, 6) is 0.747. The van der Waals surface area contributed by atoms with Crippen molar-refractivity contribution in [1.82, 2.24) is 0 Å². The van der Waals surface area contributed by atoms with Gasteiger partial charge in [0.25, 0.3) is 0 Å². The van der Waals surface area contributed by atoms with Gasteiger partial charge in [-0.2, -0.15) is 0 Å². The van der Waals surface area contributed by atoms with Gasteiger partial charge in [-0.3, -0.25) is 4.79 Å². The number of carbonyl (C=O) groups is 1. The molecule has 2 aromatic rings. The largest absolute Gasteiger partial charge is 0.467 e. The Balaban J connectivity index is 2.24. The first kappa shape index (κ1) is 15.6. The number of hydrogen-bond donors (Lipinski definition) is 0. The molecule has 0 saturated heterocycles. The molecule has 4 heteroatoms. The molecule has 0 spiro atoms. The second-order valence-electron chi connectivity index (χ2n) is 4.56. The van der Waals surface area contributed by atoms with Crippen molar-refractivity contribution in [2.75, 3.05) is 20.2 Å². The van der Waals surface area contributed by atoms with Crippen LogP contribution < -0.4 is 4.74 Å². The fourth-order valence-corrected chi connectivity index (χ4v) is 2.45. The Labute approximate surface area is 129 Å². The van der Waals surface area contributed by atoms with Gasteiger partial charge in [0.05, 0.1) is 0 Å². The van der Waals surface area contributed by atoms with Crippen LogP contribution in [0.25, 0.3) is 0 Å². The molecule has 21 heavy (non-hydrogen) atoms. The van der Waals surface area contributed by atoms with Crippen LogP contribution in [0.15, 0.2) is 47.4 Å². The predicted octanol–water partition coefficient (Wildman–Crippen LogP) is 3.79. The highest BCUT2D eigenvalue weighted by atomic mass is 32.2. The van der Waals surface area contributed by atoms with E-state index in [4.69, 9.17) is 9.47 Å². The molecule has 110 valence electrons. The van der Waals surface area contributed by atoms with Gasteiger partial charge in [0.2, 0.25) is 0 Å². The molecule has 0 N–H and O–H groups in total. The molecule has 2 rings (SSSR count). The van der Waals surface area contributed by atoms with Crippen LogP contribution in [0.4, 0.5) is 0 Å². The zero-order chi connectivity index (χ0) is 15.1. The van der Waals surface area contributed by atoms with E-state index in [0.29, 0.717) is 5.56 Å². The van der Waals surface area contributed by atoms with E-state index in [1.54, 1.807) is 24.9 Å². The monoisotopic (exact) mass is 302 g/mol. The summed E-state index contributed by atoms with van der Waals surface area (Å²) in [5.41, 5.74) is 2.81. The van der Waals surface area contributed by atoms with Crippen molar-refractivity contribution in [2.45, 2.75) is 11.3 Å². The molecule has 3 nitrogen and oxygen atoms in total. The third-order valence-electron chi connectivity index (χ3n) is 3.11. The second-order valence-corrected chi connectivity index (χ2v) is 5.44. The summed E-state index contributed by atoms with van der Waals surface area (Å²) in [6.07, 6.45) is 3.62. The number of carbonyl (C=O) groups excluding carboxylic acids is 1. The molecule has 0 saturated carbocycles. The first-order valence-corrected chi connectivity index (χ1v) is 7.82. The lowest BCUT2D eigenvalue weighted by atomic mass is 10.0. The van der Waals surface area contributed by atoms with Gasteiger partial charge < -0.3 is 9.47 Å². The third kappa shape index (κ3) is 4.34. The maximum Gasteiger partial charge on any atom is 0.188 e. The summed E-state index contributed by atoms with van der Waals surface area (Å²) < 4.78 is 10.5. The lowest BCUT2D eigenvalue weighted by Gasteiger charge is -2.12. The third-order valence-corrected chi connectivity index (χ3v) is 3.85. The standard InChI is InChI=1S/C17H18O3S/c1-19-12-20-17-8-5-14(11-18)10-15(17)9-13-3-6-16(21-2)7-4-13/h3-8,10-11H,9,12H2,1-2H3. The Morgan fingerprint density at radius 3 is 2.52 bits per heavy atom. The fourth-order valence-electron chi connectivity index (χ4n) is 2.04. The van der Waals surface area contributed by atoms with Crippen molar-refractivity contribution >= 4 is 18.0 Å². The lowest BCUT2D eigenvalue weighted by molar-refractivity contribution is 0.0505. The van der Waals surface area contributed by atoms with E-state index >= 15 is 0 Å². The van der Waals surface area contributed by atoms with Crippen LogP contribution >= 0.6 is 11.8 Å². The van der Waals surface area contributed by atoms with Crippen molar-refractivity contribution in [3.63, 3.8) is 0 Å². The Morgan fingerprint density at radius 1 is 1.14 bits per heavy atom. The van der Waals surface area contributed by atoms with E-state index in [0.717, 1.165) is 24.0 Å². The maximum atomic E-state index is 11.0. The number of benzene rings is 2. The van der Waals surface area contributed by atoms with Crippen LogP contribution in [0.1, 0.15) is 21.5 Å².